The van der Waals surface area contributed by atoms with Gasteiger partial charge in [0, 0.05) is 42.2 Å². The zero-order valence-electron chi connectivity index (χ0n) is 16.1. The van der Waals surface area contributed by atoms with E-state index >= 15 is 0 Å². The Bertz CT molecular complexity index is 879. The summed E-state index contributed by atoms with van der Waals surface area (Å²) in [7, 11) is 0. The fourth-order valence-corrected chi connectivity index (χ4v) is 3.82. The zero-order chi connectivity index (χ0) is 20.3. The van der Waals surface area contributed by atoms with Crippen LogP contribution in [0.15, 0.2) is 48.5 Å². The number of hydrogen-bond donors (Lipinski definition) is 2. The monoisotopic (exact) mass is 413 g/mol. The summed E-state index contributed by atoms with van der Waals surface area (Å²) in [5, 5.41) is 6.30. The van der Waals surface area contributed by atoms with Crippen molar-refractivity contribution in [3.63, 3.8) is 0 Å². The van der Waals surface area contributed by atoms with Gasteiger partial charge >= 0.3 is 6.03 Å². The Morgan fingerprint density at radius 1 is 1.07 bits per heavy atom. The first-order chi connectivity index (χ1) is 14.0. The first kappa shape index (κ1) is 19.7. The number of amides is 3. The zero-order valence-corrected chi connectivity index (χ0v) is 16.9. The Kier molecular flexibility index (Phi) is 5.74. The number of nitrogens with zero attached hydrogens (tertiary/aromatic N) is 1. The lowest BCUT2D eigenvalue weighted by Gasteiger charge is -2.46. The molecule has 152 valence electrons. The lowest BCUT2D eigenvalue weighted by molar-refractivity contribution is -0.165. The van der Waals surface area contributed by atoms with E-state index in [9.17, 15) is 9.59 Å². The maximum Gasteiger partial charge on any atom is 0.319 e. The molecule has 6 nitrogen and oxygen atoms in total. The Labute approximate surface area is 175 Å². The number of halogens is 1. The van der Waals surface area contributed by atoms with Gasteiger partial charge in [-0.1, -0.05) is 35.9 Å². The fourth-order valence-electron chi connectivity index (χ4n) is 3.70. The van der Waals surface area contributed by atoms with Crippen molar-refractivity contribution < 1.29 is 14.3 Å². The lowest BCUT2D eigenvalue weighted by atomic mass is 9.76. The SMILES string of the molecule is O=C(NCc1ccc(Cl)cc1)Nc1ccc(CN2CCC3(COC3)CC2=O)cc1. The van der Waals surface area contributed by atoms with Crippen LogP contribution in [0.5, 0.6) is 0 Å². The lowest BCUT2D eigenvalue weighted by Crippen LogP contribution is -2.52. The number of piperidine rings is 1. The highest BCUT2D eigenvalue weighted by atomic mass is 35.5. The van der Waals surface area contributed by atoms with Gasteiger partial charge < -0.3 is 20.3 Å². The van der Waals surface area contributed by atoms with Crippen LogP contribution < -0.4 is 10.6 Å². The van der Waals surface area contributed by atoms with Crippen molar-refractivity contribution in [2.45, 2.75) is 25.9 Å². The molecule has 29 heavy (non-hydrogen) atoms. The van der Waals surface area contributed by atoms with Gasteiger partial charge in [-0.05, 0) is 41.8 Å². The summed E-state index contributed by atoms with van der Waals surface area (Å²) in [6, 6.07) is 14.7. The Morgan fingerprint density at radius 3 is 2.38 bits per heavy atom. The molecule has 0 unspecified atom stereocenters. The van der Waals surface area contributed by atoms with E-state index in [0.717, 1.165) is 24.1 Å². The van der Waals surface area contributed by atoms with E-state index in [4.69, 9.17) is 16.3 Å². The molecule has 2 aliphatic rings. The van der Waals surface area contributed by atoms with Crippen molar-refractivity contribution in [2.75, 3.05) is 25.1 Å². The quantitative estimate of drug-likeness (QED) is 0.783. The predicted octanol–water partition coefficient (Wildman–Crippen LogP) is 3.80. The molecule has 0 aromatic heterocycles. The number of likely N-dealkylation sites (tertiary alicyclic amines) is 1. The number of ether oxygens (including phenoxy) is 1. The molecule has 2 heterocycles. The van der Waals surface area contributed by atoms with Crippen molar-refractivity contribution >= 4 is 29.2 Å². The molecule has 2 fully saturated rings. The van der Waals surface area contributed by atoms with Gasteiger partial charge in [0.2, 0.25) is 5.91 Å². The first-order valence-electron chi connectivity index (χ1n) is 9.75. The molecular weight excluding hydrogens is 390 g/mol. The maximum absolute atomic E-state index is 12.4. The molecule has 0 bridgehead atoms. The molecule has 4 rings (SSSR count). The second kappa shape index (κ2) is 8.43. The normalized spacial score (nSPS) is 17.7. The number of benzene rings is 2. The molecule has 2 saturated heterocycles. The van der Waals surface area contributed by atoms with Gasteiger partial charge in [-0.2, -0.15) is 0 Å². The van der Waals surface area contributed by atoms with Crippen LogP contribution in [0.1, 0.15) is 24.0 Å². The minimum absolute atomic E-state index is 0.0979. The van der Waals surface area contributed by atoms with E-state index in [2.05, 4.69) is 10.6 Å². The van der Waals surface area contributed by atoms with Crippen LogP contribution in [0.3, 0.4) is 0 Å². The average Bonchev–Trinajstić information content (AvgIpc) is 2.69. The van der Waals surface area contributed by atoms with Crippen LogP contribution in [-0.2, 0) is 22.6 Å². The largest absolute Gasteiger partial charge is 0.380 e. The van der Waals surface area contributed by atoms with E-state index in [1.807, 2.05) is 41.3 Å². The van der Waals surface area contributed by atoms with E-state index in [1.165, 1.54) is 0 Å². The Balaban J connectivity index is 1.25. The number of carbonyl (C=O) groups excluding carboxylic acids is 2. The van der Waals surface area contributed by atoms with Crippen LogP contribution in [0.25, 0.3) is 0 Å². The minimum atomic E-state index is -0.271. The summed E-state index contributed by atoms with van der Waals surface area (Å²) >= 11 is 5.86. The summed E-state index contributed by atoms with van der Waals surface area (Å²) in [6.45, 7) is 3.22. The maximum atomic E-state index is 12.4. The minimum Gasteiger partial charge on any atom is -0.380 e. The molecule has 7 heteroatoms. The molecule has 0 atom stereocenters. The summed E-state index contributed by atoms with van der Waals surface area (Å²) in [5.41, 5.74) is 2.83. The van der Waals surface area contributed by atoms with Gasteiger partial charge in [-0.15, -0.1) is 0 Å². The van der Waals surface area contributed by atoms with Crippen LogP contribution in [0.4, 0.5) is 10.5 Å². The van der Waals surface area contributed by atoms with Crippen molar-refractivity contribution in [3.05, 3.63) is 64.7 Å². The molecular formula is C22H24ClN3O3. The summed E-state index contributed by atoms with van der Waals surface area (Å²) in [5.74, 6) is 0.198. The summed E-state index contributed by atoms with van der Waals surface area (Å²) < 4.78 is 5.29. The van der Waals surface area contributed by atoms with Gasteiger partial charge in [0.15, 0.2) is 0 Å². The standard InChI is InChI=1S/C22H24ClN3O3/c23-18-5-1-16(2-6-18)12-24-21(28)25-19-7-3-17(4-8-19)13-26-10-9-22(11-20(26)27)14-29-15-22/h1-8H,9-15H2,(H2,24,25,28). The topological polar surface area (TPSA) is 70.7 Å². The molecule has 2 aromatic rings. The Hall–Kier alpha value is -2.57. The van der Waals surface area contributed by atoms with Crippen molar-refractivity contribution in [3.8, 4) is 0 Å². The van der Waals surface area contributed by atoms with Gasteiger partial charge in [0.05, 0.1) is 13.2 Å². The summed E-state index contributed by atoms with van der Waals surface area (Å²) in [6.07, 6.45) is 1.59. The van der Waals surface area contributed by atoms with Crippen LogP contribution in [0.2, 0.25) is 5.02 Å². The molecule has 0 radical (unpaired) electrons. The third-order valence-electron chi connectivity index (χ3n) is 5.56. The van der Waals surface area contributed by atoms with Crippen LogP contribution >= 0.6 is 11.6 Å². The first-order valence-corrected chi connectivity index (χ1v) is 10.1. The van der Waals surface area contributed by atoms with Crippen molar-refractivity contribution in [1.82, 2.24) is 10.2 Å². The number of anilines is 1. The molecule has 1 spiro atoms. The van der Waals surface area contributed by atoms with Crippen molar-refractivity contribution in [1.29, 1.82) is 0 Å². The van der Waals surface area contributed by atoms with E-state index in [-0.39, 0.29) is 17.4 Å². The highest BCUT2D eigenvalue weighted by Gasteiger charge is 2.44. The molecule has 0 aliphatic carbocycles. The second-order valence-corrected chi connectivity index (χ2v) is 8.30. The van der Waals surface area contributed by atoms with Gasteiger partial charge in [-0.3, -0.25) is 4.79 Å². The molecule has 0 saturated carbocycles. The van der Waals surface area contributed by atoms with Gasteiger partial charge in [-0.25, -0.2) is 4.79 Å². The second-order valence-electron chi connectivity index (χ2n) is 7.87. The molecule has 3 amide bonds. The highest BCUT2D eigenvalue weighted by molar-refractivity contribution is 6.30. The van der Waals surface area contributed by atoms with Gasteiger partial charge in [0.1, 0.15) is 0 Å². The number of urea groups is 1. The average molecular weight is 414 g/mol. The van der Waals surface area contributed by atoms with E-state index in [1.54, 1.807) is 12.1 Å². The number of carbonyl (C=O) groups is 2. The number of rotatable bonds is 5. The number of hydrogen-bond acceptors (Lipinski definition) is 3. The van der Waals surface area contributed by atoms with Crippen molar-refractivity contribution in [2.24, 2.45) is 5.41 Å². The smallest absolute Gasteiger partial charge is 0.319 e. The molecule has 2 aliphatic heterocycles. The van der Waals surface area contributed by atoms with Gasteiger partial charge in [0.25, 0.3) is 0 Å². The fraction of sp³-hybridized carbons (Fsp3) is 0.364. The molecule has 2 N–H and O–H groups in total. The molecule has 2 aromatic carbocycles. The van der Waals surface area contributed by atoms with Crippen LogP contribution in [0, 0.1) is 5.41 Å². The summed E-state index contributed by atoms with van der Waals surface area (Å²) in [4.78, 5) is 26.4. The van der Waals surface area contributed by atoms with E-state index < -0.39 is 0 Å². The third kappa shape index (κ3) is 4.89. The highest BCUT2D eigenvalue weighted by Crippen LogP contribution is 2.39. The Morgan fingerprint density at radius 2 is 1.76 bits per heavy atom. The number of nitrogens with one attached hydrogen (secondary N) is 2. The third-order valence-corrected chi connectivity index (χ3v) is 5.81. The van der Waals surface area contributed by atoms with E-state index in [0.29, 0.717) is 43.4 Å². The van der Waals surface area contributed by atoms with Crippen LogP contribution in [-0.4, -0.2) is 36.6 Å². The predicted molar refractivity (Wildman–Crippen MR) is 112 cm³/mol.